The first-order valence-corrected chi connectivity index (χ1v) is 7.91. The van der Waals surface area contributed by atoms with Crippen molar-refractivity contribution in [3.8, 4) is 0 Å². The molecule has 1 aliphatic heterocycles. The van der Waals surface area contributed by atoms with Crippen LogP contribution in [0.4, 0.5) is 4.39 Å². The van der Waals surface area contributed by atoms with Gasteiger partial charge in [0.25, 0.3) is 5.91 Å². The van der Waals surface area contributed by atoms with Gasteiger partial charge < -0.3 is 15.3 Å². The molecule has 24 heavy (non-hydrogen) atoms. The van der Waals surface area contributed by atoms with Gasteiger partial charge in [0.1, 0.15) is 17.9 Å². The molecule has 0 spiro atoms. The number of carbonyl (C=O) groups is 3. The minimum absolute atomic E-state index is 0.211. The number of likely N-dealkylation sites (tertiary alicyclic amines) is 1. The number of amides is 2. The number of aliphatic carboxylic acids is 1. The molecule has 2 N–H and O–H groups in total. The van der Waals surface area contributed by atoms with E-state index in [4.69, 9.17) is 0 Å². The van der Waals surface area contributed by atoms with Gasteiger partial charge in [-0.05, 0) is 43.0 Å². The van der Waals surface area contributed by atoms with Gasteiger partial charge in [0.05, 0.1) is 0 Å². The van der Waals surface area contributed by atoms with Crippen molar-refractivity contribution in [2.45, 2.75) is 38.8 Å². The number of carboxylic acid groups (broad SMARTS) is 1. The highest BCUT2D eigenvalue weighted by Crippen LogP contribution is 2.20. The summed E-state index contributed by atoms with van der Waals surface area (Å²) >= 11 is 0. The Morgan fingerprint density at radius 2 is 1.88 bits per heavy atom. The predicted molar refractivity (Wildman–Crippen MR) is 84.9 cm³/mol. The van der Waals surface area contributed by atoms with Crippen LogP contribution in [0.5, 0.6) is 0 Å². The molecule has 1 saturated heterocycles. The zero-order valence-electron chi connectivity index (χ0n) is 13.7. The van der Waals surface area contributed by atoms with E-state index in [0.29, 0.717) is 19.4 Å². The van der Waals surface area contributed by atoms with Crippen molar-refractivity contribution >= 4 is 17.8 Å². The van der Waals surface area contributed by atoms with Crippen LogP contribution in [-0.2, 0) is 9.59 Å². The van der Waals surface area contributed by atoms with Gasteiger partial charge in [0.2, 0.25) is 5.91 Å². The lowest BCUT2D eigenvalue weighted by Gasteiger charge is -2.29. The van der Waals surface area contributed by atoms with E-state index in [1.54, 1.807) is 13.8 Å². The fourth-order valence-corrected chi connectivity index (χ4v) is 2.81. The fraction of sp³-hybridized carbons (Fsp3) is 0.471. The zero-order valence-corrected chi connectivity index (χ0v) is 13.7. The molecule has 2 atom stereocenters. The Balaban J connectivity index is 2.14. The van der Waals surface area contributed by atoms with Crippen molar-refractivity contribution in [1.82, 2.24) is 10.2 Å². The molecule has 0 unspecified atom stereocenters. The van der Waals surface area contributed by atoms with Crippen molar-refractivity contribution in [2.24, 2.45) is 5.92 Å². The van der Waals surface area contributed by atoms with Gasteiger partial charge >= 0.3 is 5.97 Å². The van der Waals surface area contributed by atoms with Crippen molar-refractivity contribution in [1.29, 1.82) is 0 Å². The first-order chi connectivity index (χ1) is 11.3. The Morgan fingerprint density at radius 3 is 2.42 bits per heavy atom. The van der Waals surface area contributed by atoms with E-state index in [1.807, 2.05) is 0 Å². The molecule has 7 heteroatoms. The van der Waals surface area contributed by atoms with Crippen LogP contribution >= 0.6 is 0 Å². The number of carboxylic acids is 1. The summed E-state index contributed by atoms with van der Waals surface area (Å²) < 4.78 is 12.9. The number of hydrogen-bond acceptors (Lipinski definition) is 3. The molecule has 1 aliphatic rings. The quantitative estimate of drug-likeness (QED) is 0.856. The number of hydrogen-bond donors (Lipinski definition) is 2. The Kier molecular flexibility index (Phi) is 5.54. The normalized spacial score (nSPS) is 18.5. The van der Waals surface area contributed by atoms with E-state index in [-0.39, 0.29) is 11.5 Å². The second kappa shape index (κ2) is 7.42. The number of nitrogens with one attached hydrogen (secondary N) is 1. The maximum absolute atomic E-state index is 12.9. The lowest BCUT2D eigenvalue weighted by molar-refractivity contribution is -0.149. The fourth-order valence-electron chi connectivity index (χ4n) is 2.81. The monoisotopic (exact) mass is 336 g/mol. The highest BCUT2D eigenvalue weighted by atomic mass is 19.1. The van der Waals surface area contributed by atoms with Crippen LogP contribution in [0, 0.1) is 11.7 Å². The number of rotatable bonds is 5. The lowest BCUT2D eigenvalue weighted by atomic mass is 10.0. The summed E-state index contributed by atoms with van der Waals surface area (Å²) in [5.41, 5.74) is 0.242. The van der Waals surface area contributed by atoms with E-state index in [9.17, 15) is 23.9 Å². The molecule has 1 aromatic rings. The van der Waals surface area contributed by atoms with Crippen LogP contribution in [0.3, 0.4) is 0 Å². The largest absolute Gasteiger partial charge is 0.480 e. The van der Waals surface area contributed by atoms with Gasteiger partial charge in [-0.3, -0.25) is 9.59 Å². The number of nitrogens with zero attached hydrogens (tertiary/aromatic N) is 1. The maximum Gasteiger partial charge on any atom is 0.326 e. The van der Waals surface area contributed by atoms with Crippen molar-refractivity contribution < 1.29 is 23.9 Å². The molecule has 1 fully saturated rings. The maximum atomic E-state index is 12.9. The average molecular weight is 336 g/mol. The third-order valence-electron chi connectivity index (χ3n) is 4.15. The Bertz CT molecular complexity index is 630. The molecule has 2 amide bonds. The van der Waals surface area contributed by atoms with Gasteiger partial charge in [-0.15, -0.1) is 0 Å². The van der Waals surface area contributed by atoms with Crippen molar-refractivity contribution in [2.75, 3.05) is 6.54 Å². The van der Waals surface area contributed by atoms with Crippen LogP contribution < -0.4 is 5.32 Å². The SMILES string of the molecule is CC(C)[C@H](NC(=O)c1ccc(F)cc1)C(=O)N1CCC[C@H]1C(=O)O. The van der Waals surface area contributed by atoms with Gasteiger partial charge in [-0.25, -0.2) is 9.18 Å². The third kappa shape index (κ3) is 3.90. The first-order valence-electron chi connectivity index (χ1n) is 7.91. The summed E-state index contributed by atoms with van der Waals surface area (Å²) in [6.07, 6.45) is 1.04. The van der Waals surface area contributed by atoms with Gasteiger partial charge in [-0.2, -0.15) is 0 Å². The summed E-state index contributed by atoms with van der Waals surface area (Å²) in [6, 6.07) is 3.33. The van der Waals surface area contributed by atoms with Crippen LogP contribution in [0.25, 0.3) is 0 Å². The predicted octanol–water partition coefficient (Wildman–Crippen LogP) is 1.66. The van der Waals surface area contributed by atoms with Gasteiger partial charge in [-0.1, -0.05) is 13.8 Å². The highest BCUT2D eigenvalue weighted by Gasteiger charge is 2.38. The molecule has 1 aromatic carbocycles. The summed E-state index contributed by atoms with van der Waals surface area (Å²) in [5, 5.41) is 11.9. The Hall–Kier alpha value is -2.44. The summed E-state index contributed by atoms with van der Waals surface area (Å²) in [7, 11) is 0. The molecule has 130 valence electrons. The molecule has 6 nitrogen and oxygen atoms in total. The summed E-state index contributed by atoms with van der Waals surface area (Å²) in [4.78, 5) is 37.6. The number of carbonyl (C=O) groups excluding carboxylic acids is 2. The molecular weight excluding hydrogens is 315 g/mol. The van der Waals surface area contributed by atoms with E-state index in [2.05, 4.69) is 5.32 Å². The van der Waals surface area contributed by atoms with Crippen LogP contribution in [0.2, 0.25) is 0 Å². The molecule has 2 rings (SSSR count). The molecule has 0 saturated carbocycles. The van der Waals surface area contributed by atoms with Crippen LogP contribution in [-0.4, -0.2) is 46.4 Å². The average Bonchev–Trinajstić information content (AvgIpc) is 3.02. The standard InChI is InChI=1S/C17H21FN2O4/c1-10(2)14(16(22)20-9-3-4-13(20)17(23)24)19-15(21)11-5-7-12(18)8-6-11/h5-8,10,13-14H,3-4,9H2,1-2H3,(H,19,21)(H,23,24)/t13-,14-/m0/s1. The summed E-state index contributed by atoms with van der Waals surface area (Å²) in [5.74, 6) is -2.59. The van der Waals surface area contributed by atoms with E-state index in [1.165, 1.54) is 29.2 Å². The Morgan fingerprint density at radius 1 is 1.25 bits per heavy atom. The van der Waals surface area contributed by atoms with Gasteiger partial charge in [0.15, 0.2) is 0 Å². The second-order valence-corrected chi connectivity index (χ2v) is 6.23. The minimum Gasteiger partial charge on any atom is -0.480 e. The van der Waals surface area contributed by atoms with E-state index < -0.39 is 35.7 Å². The van der Waals surface area contributed by atoms with Crippen molar-refractivity contribution in [3.05, 3.63) is 35.6 Å². The molecule has 0 bridgehead atoms. The summed E-state index contributed by atoms with van der Waals surface area (Å²) in [6.45, 7) is 3.92. The second-order valence-electron chi connectivity index (χ2n) is 6.23. The first kappa shape index (κ1) is 17.9. The van der Waals surface area contributed by atoms with Crippen LogP contribution in [0.15, 0.2) is 24.3 Å². The molecule has 0 aromatic heterocycles. The van der Waals surface area contributed by atoms with Gasteiger partial charge in [0, 0.05) is 12.1 Å². The number of benzene rings is 1. The minimum atomic E-state index is -1.03. The highest BCUT2D eigenvalue weighted by molar-refractivity contribution is 5.98. The molecular formula is C17H21FN2O4. The third-order valence-corrected chi connectivity index (χ3v) is 4.15. The van der Waals surface area contributed by atoms with E-state index in [0.717, 1.165) is 0 Å². The molecule has 0 aliphatic carbocycles. The lowest BCUT2D eigenvalue weighted by Crippen LogP contribution is -2.53. The molecule has 0 radical (unpaired) electrons. The topological polar surface area (TPSA) is 86.7 Å². The smallest absolute Gasteiger partial charge is 0.326 e. The number of halogens is 1. The Labute approximate surface area is 139 Å². The van der Waals surface area contributed by atoms with Crippen molar-refractivity contribution in [3.63, 3.8) is 0 Å². The van der Waals surface area contributed by atoms with Crippen LogP contribution in [0.1, 0.15) is 37.0 Å². The zero-order chi connectivity index (χ0) is 17.9. The van der Waals surface area contributed by atoms with E-state index >= 15 is 0 Å². The molecule has 1 heterocycles.